The number of hydrogen-bond donors (Lipinski definition) is 1. The van der Waals surface area contributed by atoms with Crippen LogP contribution in [0.25, 0.3) is 0 Å². The summed E-state index contributed by atoms with van der Waals surface area (Å²) >= 11 is 5.78. The molecule has 0 bridgehead atoms. The van der Waals surface area contributed by atoms with Crippen LogP contribution < -0.4 is 14.9 Å². The second-order valence-corrected chi connectivity index (χ2v) is 6.41. The molecule has 0 unspecified atom stereocenters. The standard InChI is InChI=1S/C22H16ClFN2O4/c23-16-7-11-17(12-8-16)29-14-21(27)26-25-13-15-5-9-18(10-6-15)30-22(28)19-3-1-2-4-20(19)24/h1-13H,14H2,(H,26,27). The number of nitrogens with one attached hydrogen (secondary N) is 1. The lowest BCUT2D eigenvalue weighted by Gasteiger charge is -2.05. The third-order valence-electron chi connectivity index (χ3n) is 3.77. The Morgan fingerprint density at radius 3 is 2.33 bits per heavy atom. The smallest absolute Gasteiger partial charge is 0.346 e. The molecule has 0 aromatic heterocycles. The fraction of sp³-hybridized carbons (Fsp3) is 0.0455. The van der Waals surface area contributed by atoms with Crippen LogP contribution in [-0.4, -0.2) is 24.7 Å². The molecule has 3 aromatic carbocycles. The van der Waals surface area contributed by atoms with E-state index in [2.05, 4.69) is 10.5 Å². The van der Waals surface area contributed by atoms with Crippen molar-refractivity contribution in [3.05, 3.63) is 94.8 Å². The second kappa shape index (κ2) is 10.2. The van der Waals surface area contributed by atoms with E-state index >= 15 is 0 Å². The minimum Gasteiger partial charge on any atom is -0.484 e. The highest BCUT2D eigenvalue weighted by molar-refractivity contribution is 6.30. The zero-order chi connectivity index (χ0) is 21.3. The van der Waals surface area contributed by atoms with E-state index in [-0.39, 0.29) is 17.9 Å². The molecule has 0 aliphatic heterocycles. The summed E-state index contributed by atoms with van der Waals surface area (Å²) in [5.41, 5.74) is 2.85. The highest BCUT2D eigenvalue weighted by Gasteiger charge is 2.13. The summed E-state index contributed by atoms with van der Waals surface area (Å²) in [6.07, 6.45) is 1.42. The highest BCUT2D eigenvalue weighted by Crippen LogP contribution is 2.16. The number of rotatable bonds is 7. The van der Waals surface area contributed by atoms with Crippen molar-refractivity contribution in [1.29, 1.82) is 0 Å². The van der Waals surface area contributed by atoms with Crippen molar-refractivity contribution in [2.24, 2.45) is 5.10 Å². The molecule has 3 aromatic rings. The lowest BCUT2D eigenvalue weighted by atomic mass is 10.2. The molecule has 30 heavy (non-hydrogen) atoms. The summed E-state index contributed by atoms with van der Waals surface area (Å²) in [6.45, 7) is -0.204. The van der Waals surface area contributed by atoms with E-state index in [0.29, 0.717) is 16.3 Å². The van der Waals surface area contributed by atoms with Gasteiger partial charge in [-0.25, -0.2) is 14.6 Å². The van der Waals surface area contributed by atoms with Gasteiger partial charge in [-0.2, -0.15) is 5.10 Å². The van der Waals surface area contributed by atoms with Crippen LogP contribution in [0.3, 0.4) is 0 Å². The third-order valence-corrected chi connectivity index (χ3v) is 4.02. The van der Waals surface area contributed by atoms with Gasteiger partial charge in [0.05, 0.1) is 11.8 Å². The lowest BCUT2D eigenvalue weighted by Crippen LogP contribution is -2.24. The van der Waals surface area contributed by atoms with Crippen LogP contribution in [0.5, 0.6) is 11.5 Å². The number of hydrazone groups is 1. The van der Waals surface area contributed by atoms with Gasteiger partial charge in [0.15, 0.2) is 6.61 Å². The molecule has 0 aliphatic rings. The molecule has 3 rings (SSSR count). The Balaban J connectivity index is 1.47. The Morgan fingerprint density at radius 2 is 1.63 bits per heavy atom. The van der Waals surface area contributed by atoms with Crippen molar-refractivity contribution in [1.82, 2.24) is 5.43 Å². The van der Waals surface area contributed by atoms with Gasteiger partial charge in [0, 0.05) is 5.02 Å². The van der Waals surface area contributed by atoms with Crippen LogP contribution in [0.2, 0.25) is 5.02 Å². The molecule has 1 N–H and O–H groups in total. The largest absolute Gasteiger partial charge is 0.484 e. The average Bonchev–Trinajstić information content (AvgIpc) is 2.75. The molecule has 6 nitrogen and oxygen atoms in total. The summed E-state index contributed by atoms with van der Waals surface area (Å²) < 4.78 is 24.1. The SMILES string of the molecule is O=C(COc1ccc(Cl)cc1)NN=Cc1ccc(OC(=O)c2ccccc2F)cc1. The molecular formula is C22H16ClFN2O4. The first-order valence-electron chi connectivity index (χ1n) is 8.78. The molecule has 1 amide bonds. The third kappa shape index (κ3) is 6.15. The van der Waals surface area contributed by atoms with Crippen LogP contribution in [0.1, 0.15) is 15.9 Å². The fourth-order valence-electron chi connectivity index (χ4n) is 2.30. The normalized spacial score (nSPS) is 10.6. The Morgan fingerprint density at radius 1 is 0.967 bits per heavy atom. The van der Waals surface area contributed by atoms with E-state index in [1.807, 2.05) is 0 Å². The maximum absolute atomic E-state index is 13.6. The molecule has 152 valence electrons. The van der Waals surface area contributed by atoms with Crippen molar-refractivity contribution in [3.8, 4) is 11.5 Å². The monoisotopic (exact) mass is 426 g/mol. The van der Waals surface area contributed by atoms with Crippen LogP contribution in [0, 0.1) is 5.82 Å². The van der Waals surface area contributed by atoms with Gasteiger partial charge in [0.1, 0.15) is 17.3 Å². The average molecular weight is 427 g/mol. The van der Waals surface area contributed by atoms with Crippen LogP contribution in [-0.2, 0) is 4.79 Å². The van der Waals surface area contributed by atoms with Crippen LogP contribution in [0.4, 0.5) is 4.39 Å². The van der Waals surface area contributed by atoms with Gasteiger partial charge in [-0.15, -0.1) is 0 Å². The van der Waals surface area contributed by atoms with E-state index in [9.17, 15) is 14.0 Å². The number of halogens is 2. The molecule has 8 heteroatoms. The summed E-state index contributed by atoms with van der Waals surface area (Å²) in [5.74, 6) is -1.11. The Labute approximate surface area is 176 Å². The molecule has 0 heterocycles. The van der Waals surface area contributed by atoms with Crippen molar-refractivity contribution < 1.29 is 23.5 Å². The Bertz CT molecular complexity index is 1050. The number of hydrogen-bond acceptors (Lipinski definition) is 5. The van der Waals surface area contributed by atoms with E-state index in [0.717, 1.165) is 0 Å². The number of carbonyl (C=O) groups excluding carboxylic acids is 2. The number of carbonyl (C=O) groups is 2. The van der Waals surface area contributed by atoms with Gasteiger partial charge in [-0.05, 0) is 66.2 Å². The van der Waals surface area contributed by atoms with Crippen molar-refractivity contribution >= 4 is 29.7 Å². The van der Waals surface area contributed by atoms with Gasteiger partial charge >= 0.3 is 5.97 Å². The molecule has 0 fully saturated rings. The number of amides is 1. The Kier molecular flexibility index (Phi) is 7.13. The van der Waals surface area contributed by atoms with E-state index in [4.69, 9.17) is 21.1 Å². The van der Waals surface area contributed by atoms with Gasteiger partial charge in [0.2, 0.25) is 0 Å². The predicted molar refractivity (Wildman–Crippen MR) is 110 cm³/mol. The van der Waals surface area contributed by atoms with Crippen molar-refractivity contribution in [3.63, 3.8) is 0 Å². The first-order valence-corrected chi connectivity index (χ1v) is 9.16. The van der Waals surface area contributed by atoms with Crippen molar-refractivity contribution in [2.45, 2.75) is 0 Å². The maximum atomic E-state index is 13.6. The predicted octanol–water partition coefficient (Wildman–Crippen LogP) is 4.23. The molecule has 0 saturated heterocycles. The summed E-state index contributed by atoms with van der Waals surface area (Å²) in [6, 6.07) is 18.5. The van der Waals surface area contributed by atoms with Gasteiger partial charge in [0.25, 0.3) is 5.91 Å². The summed E-state index contributed by atoms with van der Waals surface area (Å²) in [7, 11) is 0. The van der Waals surface area contributed by atoms with E-state index in [1.165, 1.54) is 36.5 Å². The molecule has 0 spiro atoms. The molecule has 0 aliphatic carbocycles. The van der Waals surface area contributed by atoms with Crippen LogP contribution >= 0.6 is 11.6 Å². The topological polar surface area (TPSA) is 77.0 Å². The molecule has 0 radical (unpaired) electrons. The number of benzene rings is 3. The van der Waals surface area contributed by atoms with Gasteiger partial charge in [-0.3, -0.25) is 4.79 Å². The zero-order valence-electron chi connectivity index (χ0n) is 15.5. The Hall–Kier alpha value is -3.71. The minimum atomic E-state index is -0.789. The highest BCUT2D eigenvalue weighted by atomic mass is 35.5. The van der Waals surface area contributed by atoms with Crippen LogP contribution in [0.15, 0.2) is 77.9 Å². The number of ether oxygens (including phenoxy) is 2. The molecular weight excluding hydrogens is 411 g/mol. The molecule has 0 saturated carbocycles. The van der Waals surface area contributed by atoms with E-state index in [1.54, 1.807) is 42.5 Å². The number of nitrogens with zero attached hydrogens (tertiary/aromatic N) is 1. The second-order valence-electron chi connectivity index (χ2n) is 5.97. The quantitative estimate of drug-likeness (QED) is 0.265. The first-order chi connectivity index (χ1) is 14.5. The van der Waals surface area contributed by atoms with Crippen molar-refractivity contribution in [2.75, 3.05) is 6.61 Å². The minimum absolute atomic E-state index is 0.147. The first kappa shape index (κ1) is 21.0. The maximum Gasteiger partial charge on any atom is 0.346 e. The number of esters is 1. The van der Waals surface area contributed by atoms with Gasteiger partial charge < -0.3 is 9.47 Å². The van der Waals surface area contributed by atoms with Gasteiger partial charge in [-0.1, -0.05) is 23.7 Å². The summed E-state index contributed by atoms with van der Waals surface area (Å²) in [5, 5.41) is 4.41. The summed E-state index contributed by atoms with van der Waals surface area (Å²) in [4.78, 5) is 23.7. The van der Waals surface area contributed by atoms with E-state index < -0.39 is 17.7 Å². The molecule has 0 atom stereocenters. The lowest BCUT2D eigenvalue weighted by molar-refractivity contribution is -0.123. The zero-order valence-corrected chi connectivity index (χ0v) is 16.3. The fourth-order valence-corrected chi connectivity index (χ4v) is 2.43.